The lowest BCUT2D eigenvalue weighted by atomic mass is 9.54. The van der Waals surface area contributed by atoms with E-state index in [2.05, 4.69) is 20.4 Å². The molecule has 0 aromatic rings. The predicted octanol–water partition coefficient (Wildman–Crippen LogP) is 2.36. The highest BCUT2D eigenvalue weighted by Crippen LogP contribution is 2.54. The topological polar surface area (TPSA) is 20.2 Å². The van der Waals surface area contributed by atoms with Crippen molar-refractivity contribution >= 4 is 0 Å². The molecule has 3 saturated carbocycles. The van der Waals surface area contributed by atoms with Gasteiger partial charge in [-0.3, -0.25) is 0 Å². The lowest BCUT2D eigenvalue weighted by Gasteiger charge is -2.52. The second-order valence-electron chi connectivity index (χ2n) is 4.93. The lowest BCUT2D eigenvalue weighted by Crippen LogP contribution is -2.46. The van der Waals surface area contributed by atoms with Crippen LogP contribution in [0.1, 0.15) is 33.1 Å². The van der Waals surface area contributed by atoms with Gasteiger partial charge in [-0.1, -0.05) is 26.0 Å². The van der Waals surface area contributed by atoms with E-state index in [4.69, 9.17) is 0 Å². The van der Waals surface area contributed by atoms with Crippen LogP contribution >= 0.6 is 0 Å². The van der Waals surface area contributed by atoms with E-state index >= 15 is 0 Å². The van der Waals surface area contributed by atoms with Gasteiger partial charge in [0.2, 0.25) is 0 Å². The van der Waals surface area contributed by atoms with Gasteiger partial charge in [-0.25, -0.2) is 0 Å². The van der Waals surface area contributed by atoms with Crippen LogP contribution in [-0.4, -0.2) is 11.2 Å². The van der Waals surface area contributed by atoms with Crippen LogP contribution in [0.3, 0.4) is 0 Å². The Balaban J connectivity index is 2.32. The van der Waals surface area contributed by atoms with Crippen molar-refractivity contribution in [2.24, 2.45) is 17.3 Å². The van der Waals surface area contributed by atoms with Crippen LogP contribution in [0.2, 0.25) is 0 Å². The van der Waals surface area contributed by atoms with Crippen LogP contribution in [0.15, 0.2) is 12.2 Å². The molecule has 3 fully saturated rings. The van der Waals surface area contributed by atoms with Crippen LogP contribution in [0, 0.1) is 17.3 Å². The molecule has 3 unspecified atom stereocenters. The molecule has 0 heterocycles. The van der Waals surface area contributed by atoms with E-state index in [1.165, 1.54) is 12.0 Å². The minimum absolute atomic E-state index is 0.0933. The minimum Gasteiger partial charge on any atom is -0.392 e. The van der Waals surface area contributed by atoms with Gasteiger partial charge in [0.1, 0.15) is 0 Å². The summed E-state index contributed by atoms with van der Waals surface area (Å²) in [5, 5.41) is 9.74. The maximum absolute atomic E-state index is 9.74. The molecule has 12 heavy (non-hydrogen) atoms. The molecule has 0 radical (unpaired) electrons. The zero-order valence-corrected chi connectivity index (χ0v) is 8.01. The molecule has 3 rings (SSSR count). The van der Waals surface area contributed by atoms with E-state index in [1.54, 1.807) is 0 Å². The number of aliphatic hydroxyl groups is 1. The first kappa shape index (κ1) is 8.31. The highest BCUT2D eigenvalue weighted by Gasteiger charge is 2.47. The number of rotatable bonds is 0. The Bertz CT molecular complexity index is 217. The van der Waals surface area contributed by atoms with Gasteiger partial charge >= 0.3 is 0 Å². The van der Waals surface area contributed by atoms with Gasteiger partial charge in [-0.2, -0.15) is 0 Å². The molecule has 3 atom stereocenters. The Morgan fingerprint density at radius 2 is 2.08 bits per heavy atom. The van der Waals surface area contributed by atoms with E-state index in [0.29, 0.717) is 11.8 Å². The second kappa shape index (κ2) is 2.35. The first-order valence-electron chi connectivity index (χ1n) is 4.91. The molecule has 1 nitrogen and oxygen atoms in total. The third-order valence-corrected chi connectivity index (χ3v) is 4.11. The van der Waals surface area contributed by atoms with Crippen molar-refractivity contribution < 1.29 is 5.11 Å². The molecule has 0 aromatic carbocycles. The van der Waals surface area contributed by atoms with Gasteiger partial charge in [0.05, 0.1) is 6.10 Å². The summed E-state index contributed by atoms with van der Waals surface area (Å²) in [6.07, 6.45) is 3.35. The monoisotopic (exact) mass is 166 g/mol. The maximum Gasteiger partial charge on any atom is 0.0608 e. The Morgan fingerprint density at radius 1 is 1.42 bits per heavy atom. The summed E-state index contributed by atoms with van der Waals surface area (Å²) in [5.41, 5.74) is 1.57. The fraction of sp³-hybridized carbons (Fsp3) is 0.818. The molecular formula is C11H18O. The minimum atomic E-state index is -0.0933. The molecule has 1 heteroatoms. The van der Waals surface area contributed by atoms with Gasteiger partial charge in [-0.15, -0.1) is 0 Å². The van der Waals surface area contributed by atoms with E-state index in [1.807, 2.05) is 0 Å². The largest absolute Gasteiger partial charge is 0.392 e. The van der Waals surface area contributed by atoms with Gasteiger partial charge in [0.15, 0.2) is 0 Å². The quantitative estimate of drug-likeness (QED) is 0.548. The molecule has 3 aliphatic carbocycles. The maximum atomic E-state index is 9.74. The van der Waals surface area contributed by atoms with E-state index in [-0.39, 0.29) is 11.5 Å². The lowest BCUT2D eigenvalue weighted by molar-refractivity contribution is -0.0181. The van der Waals surface area contributed by atoms with Crippen molar-refractivity contribution in [2.45, 2.75) is 39.2 Å². The smallest absolute Gasteiger partial charge is 0.0608 e. The fourth-order valence-corrected chi connectivity index (χ4v) is 2.95. The molecular weight excluding hydrogens is 148 g/mol. The average Bonchev–Trinajstić information content (AvgIpc) is 2.00. The number of hydrogen-bond donors (Lipinski definition) is 1. The Labute approximate surface area is 74.5 Å². The summed E-state index contributed by atoms with van der Waals surface area (Å²) in [6, 6.07) is 0. The zero-order chi connectivity index (χ0) is 8.93. The van der Waals surface area contributed by atoms with Gasteiger partial charge in [-0.05, 0) is 30.6 Å². The van der Waals surface area contributed by atoms with Crippen LogP contribution in [0.4, 0.5) is 0 Å². The Kier molecular flexibility index (Phi) is 1.63. The summed E-state index contributed by atoms with van der Waals surface area (Å²) in [4.78, 5) is 0. The third kappa shape index (κ3) is 0.891. The predicted molar refractivity (Wildman–Crippen MR) is 49.8 cm³/mol. The van der Waals surface area contributed by atoms with Crippen LogP contribution < -0.4 is 0 Å². The Morgan fingerprint density at radius 3 is 2.50 bits per heavy atom. The second-order valence-corrected chi connectivity index (χ2v) is 4.93. The van der Waals surface area contributed by atoms with E-state index in [9.17, 15) is 5.11 Å². The first-order valence-corrected chi connectivity index (χ1v) is 4.91. The summed E-state index contributed by atoms with van der Waals surface area (Å²) in [5.74, 6) is 1.06. The number of hydrogen-bond acceptors (Lipinski definition) is 1. The SMILES string of the molecule is C=C1C2CCC(CC2O)C1(C)C. The number of fused-ring (bicyclic) bond motifs is 3. The molecule has 0 aromatic heterocycles. The van der Waals surface area contributed by atoms with Crippen molar-refractivity contribution in [2.75, 3.05) is 0 Å². The molecule has 2 bridgehead atoms. The van der Waals surface area contributed by atoms with Gasteiger partial charge in [0.25, 0.3) is 0 Å². The van der Waals surface area contributed by atoms with Crippen LogP contribution in [0.25, 0.3) is 0 Å². The third-order valence-electron chi connectivity index (χ3n) is 4.11. The molecule has 0 aliphatic heterocycles. The summed E-state index contributed by atoms with van der Waals surface area (Å²) in [6.45, 7) is 8.69. The van der Waals surface area contributed by atoms with E-state index in [0.717, 1.165) is 12.8 Å². The molecule has 68 valence electrons. The zero-order valence-electron chi connectivity index (χ0n) is 8.01. The average molecular weight is 166 g/mol. The van der Waals surface area contributed by atoms with E-state index < -0.39 is 0 Å². The summed E-state index contributed by atoms with van der Waals surface area (Å²) < 4.78 is 0. The first-order chi connectivity index (χ1) is 5.53. The highest BCUT2D eigenvalue weighted by atomic mass is 16.3. The molecule has 3 aliphatic rings. The molecule has 1 N–H and O–H groups in total. The van der Waals surface area contributed by atoms with Gasteiger partial charge in [0, 0.05) is 5.92 Å². The van der Waals surface area contributed by atoms with Crippen molar-refractivity contribution in [1.29, 1.82) is 0 Å². The molecule has 0 spiro atoms. The number of aliphatic hydroxyl groups excluding tert-OH is 1. The van der Waals surface area contributed by atoms with Crippen molar-refractivity contribution in [3.63, 3.8) is 0 Å². The highest BCUT2D eigenvalue weighted by molar-refractivity contribution is 5.21. The summed E-state index contributed by atoms with van der Waals surface area (Å²) >= 11 is 0. The molecule has 0 saturated heterocycles. The van der Waals surface area contributed by atoms with Crippen molar-refractivity contribution in [3.8, 4) is 0 Å². The van der Waals surface area contributed by atoms with Crippen LogP contribution in [-0.2, 0) is 0 Å². The normalized spacial score (nSPS) is 44.9. The fourth-order valence-electron chi connectivity index (χ4n) is 2.95. The molecule has 0 amide bonds. The summed E-state index contributed by atoms with van der Waals surface area (Å²) in [7, 11) is 0. The standard InChI is InChI=1S/C11H18O/c1-7-9-5-4-8(6-10(9)12)11(7,2)3/h8-10,12H,1,4-6H2,2-3H3. The van der Waals surface area contributed by atoms with Crippen molar-refractivity contribution in [3.05, 3.63) is 12.2 Å². The Hall–Kier alpha value is -0.300. The van der Waals surface area contributed by atoms with Crippen molar-refractivity contribution in [1.82, 2.24) is 0 Å². The van der Waals surface area contributed by atoms with Gasteiger partial charge < -0.3 is 5.11 Å². The van der Waals surface area contributed by atoms with Crippen LogP contribution in [0.5, 0.6) is 0 Å².